The van der Waals surface area contributed by atoms with Crippen molar-refractivity contribution in [2.75, 3.05) is 5.32 Å². The first-order valence-electron chi connectivity index (χ1n) is 6.71. The number of hydrogen-bond donors (Lipinski definition) is 2. The van der Waals surface area contributed by atoms with E-state index in [0.29, 0.717) is 11.9 Å². The first kappa shape index (κ1) is 12.2. The number of fused-ring (bicyclic) bond motifs is 1. The third kappa shape index (κ3) is 2.46. The molecule has 2 aromatic rings. The highest BCUT2D eigenvalue weighted by Crippen LogP contribution is 2.29. The topological polar surface area (TPSA) is 77.0 Å². The van der Waals surface area contributed by atoms with Crippen molar-refractivity contribution in [3.05, 3.63) is 35.2 Å². The molecule has 0 bridgehead atoms. The van der Waals surface area contributed by atoms with E-state index in [0.717, 1.165) is 18.5 Å². The van der Waals surface area contributed by atoms with Crippen LogP contribution in [0, 0.1) is 0 Å². The van der Waals surface area contributed by atoms with Gasteiger partial charge in [-0.1, -0.05) is 17.2 Å². The van der Waals surface area contributed by atoms with Crippen LogP contribution in [0.15, 0.2) is 22.6 Å². The van der Waals surface area contributed by atoms with Crippen LogP contribution in [-0.2, 0) is 12.8 Å². The predicted molar refractivity (Wildman–Crippen MR) is 73.3 cm³/mol. The standard InChI is InChI=1S/C14H18N4O/c1-9(15)13-17-18-14(19-13)16-12-8-4-6-10-5-2-3-7-11(10)12/h4,6,8-9H,2-3,5,7,15H2,1H3,(H,16,18). The van der Waals surface area contributed by atoms with E-state index >= 15 is 0 Å². The molecule has 0 fully saturated rings. The molecule has 0 amide bonds. The lowest BCUT2D eigenvalue weighted by molar-refractivity contribution is 0.475. The number of benzene rings is 1. The molecule has 1 atom stereocenters. The third-order valence-electron chi connectivity index (χ3n) is 3.47. The number of nitrogens with zero attached hydrogens (tertiary/aromatic N) is 2. The van der Waals surface area contributed by atoms with Crippen molar-refractivity contribution in [1.29, 1.82) is 0 Å². The fourth-order valence-electron chi connectivity index (χ4n) is 2.48. The van der Waals surface area contributed by atoms with E-state index in [1.807, 2.05) is 6.92 Å². The Balaban J connectivity index is 1.86. The summed E-state index contributed by atoms with van der Waals surface area (Å²) in [4.78, 5) is 0. The Bertz CT molecular complexity index is 577. The molecular formula is C14H18N4O. The molecule has 1 aromatic heterocycles. The molecule has 5 heteroatoms. The van der Waals surface area contributed by atoms with E-state index in [-0.39, 0.29) is 6.04 Å². The van der Waals surface area contributed by atoms with Crippen LogP contribution in [-0.4, -0.2) is 10.2 Å². The maximum Gasteiger partial charge on any atom is 0.320 e. The molecule has 3 rings (SSSR count). The number of nitrogens with one attached hydrogen (secondary N) is 1. The lowest BCUT2D eigenvalue weighted by atomic mass is 9.90. The highest BCUT2D eigenvalue weighted by Gasteiger charge is 2.15. The van der Waals surface area contributed by atoms with Crippen molar-refractivity contribution in [2.45, 2.75) is 38.6 Å². The van der Waals surface area contributed by atoms with Gasteiger partial charge in [0.1, 0.15) is 0 Å². The van der Waals surface area contributed by atoms with Crippen molar-refractivity contribution in [3.8, 4) is 0 Å². The second-order valence-corrected chi connectivity index (χ2v) is 5.01. The van der Waals surface area contributed by atoms with Crippen LogP contribution in [0.25, 0.3) is 0 Å². The minimum atomic E-state index is -0.243. The summed E-state index contributed by atoms with van der Waals surface area (Å²) in [7, 11) is 0. The molecular weight excluding hydrogens is 240 g/mol. The molecule has 0 aliphatic heterocycles. The number of nitrogens with two attached hydrogens (primary N) is 1. The summed E-state index contributed by atoms with van der Waals surface area (Å²) in [6.07, 6.45) is 4.76. The van der Waals surface area contributed by atoms with Gasteiger partial charge in [0.15, 0.2) is 0 Å². The minimum absolute atomic E-state index is 0.243. The molecule has 3 N–H and O–H groups in total. The van der Waals surface area contributed by atoms with Crippen LogP contribution in [0.4, 0.5) is 11.7 Å². The Morgan fingerprint density at radius 1 is 1.26 bits per heavy atom. The van der Waals surface area contributed by atoms with Gasteiger partial charge in [-0.3, -0.25) is 0 Å². The normalized spacial score (nSPS) is 15.9. The van der Waals surface area contributed by atoms with Crippen LogP contribution in [0.5, 0.6) is 0 Å². The van der Waals surface area contributed by atoms with Gasteiger partial charge in [-0.05, 0) is 49.8 Å². The lowest BCUT2D eigenvalue weighted by Gasteiger charge is -2.18. The van der Waals surface area contributed by atoms with Crippen molar-refractivity contribution in [2.24, 2.45) is 5.73 Å². The summed E-state index contributed by atoms with van der Waals surface area (Å²) in [5.74, 6) is 0.451. The Morgan fingerprint density at radius 3 is 2.89 bits per heavy atom. The molecule has 1 aliphatic carbocycles. The van der Waals surface area contributed by atoms with Crippen LogP contribution in [0.1, 0.15) is 42.8 Å². The molecule has 0 saturated heterocycles. The Kier molecular flexibility index (Phi) is 3.21. The average molecular weight is 258 g/mol. The number of rotatable bonds is 3. The van der Waals surface area contributed by atoms with Crippen LogP contribution in [0.3, 0.4) is 0 Å². The zero-order chi connectivity index (χ0) is 13.2. The molecule has 1 unspecified atom stereocenters. The summed E-state index contributed by atoms with van der Waals surface area (Å²) < 4.78 is 5.48. The van der Waals surface area contributed by atoms with E-state index in [1.165, 1.54) is 24.0 Å². The lowest BCUT2D eigenvalue weighted by Crippen LogP contribution is -2.06. The first-order chi connectivity index (χ1) is 9.24. The van der Waals surface area contributed by atoms with E-state index in [9.17, 15) is 0 Å². The monoisotopic (exact) mass is 258 g/mol. The SMILES string of the molecule is CC(N)c1nnc(Nc2cccc3c2CCCC3)o1. The Hall–Kier alpha value is -1.88. The Labute approximate surface area is 112 Å². The molecule has 100 valence electrons. The number of aromatic nitrogens is 2. The largest absolute Gasteiger partial charge is 0.406 e. The molecule has 19 heavy (non-hydrogen) atoms. The highest BCUT2D eigenvalue weighted by molar-refractivity contribution is 5.60. The zero-order valence-electron chi connectivity index (χ0n) is 11.0. The maximum atomic E-state index is 5.71. The average Bonchev–Trinajstić information content (AvgIpc) is 2.88. The first-order valence-corrected chi connectivity index (χ1v) is 6.71. The van der Waals surface area contributed by atoms with Crippen molar-refractivity contribution in [3.63, 3.8) is 0 Å². The second kappa shape index (κ2) is 5.01. The van der Waals surface area contributed by atoms with Gasteiger partial charge in [-0.15, -0.1) is 5.10 Å². The number of hydrogen-bond acceptors (Lipinski definition) is 5. The van der Waals surface area contributed by atoms with Crippen molar-refractivity contribution < 1.29 is 4.42 Å². The molecule has 1 heterocycles. The summed E-state index contributed by atoms with van der Waals surface area (Å²) >= 11 is 0. The fraction of sp³-hybridized carbons (Fsp3) is 0.429. The second-order valence-electron chi connectivity index (χ2n) is 5.01. The zero-order valence-corrected chi connectivity index (χ0v) is 11.0. The highest BCUT2D eigenvalue weighted by atomic mass is 16.4. The quantitative estimate of drug-likeness (QED) is 0.885. The molecule has 5 nitrogen and oxygen atoms in total. The van der Waals surface area contributed by atoms with E-state index < -0.39 is 0 Å². The summed E-state index contributed by atoms with van der Waals surface area (Å²) in [6, 6.07) is 6.48. The summed E-state index contributed by atoms with van der Waals surface area (Å²) in [5, 5.41) is 11.1. The summed E-state index contributed by atoms with van der Waals surface area (Å²) in [6.45, 7) is 1.82. The van der Waals surface area contributed by atoms with E-state index in [2.05, 4.69) is 33.7 Å². The molecule has 0 saturated carbocycles. The maximum absolute atomic E-state index is 5.71. The molecule has 0 radical (unpaired) electrons. The predicted octanol–water partition coefficient (Wildman–Crippen LogP) is 2.71. The minimum Gasteiger partial charge on any atom is -0.406 e. The molecule has 0 spiro atoms. The van der Waals surface area contributed by atoms with Gasteiger partial charge in [0.25, 0.3) is 0 Å². The van der Waals surface area contributed by atoms with E-state index in [4.69, 9.17) is 10.2 Å². The van der Waals surface area contributed by atoms with Gasteiger partial charge >= 0.3 is 6.01 Å². The van der Waals surface area contributed by atoms with Gasteiger partial charge in [0.2, 0.25) is 5.89 Å². The molecule has 1 aromatic carbocycles. The number of anilines is 2. The Morgan fingerprint density at radius 2 is 2.11 bits per heavy atom. The van der Waals surface area contributed by atoms with Crippen LogP contribution >= 0.6 is 0 Å². The van der Waals surface area contributed by atoms with Gasteiger partial charge in [0, 0.05) is 5.69 Å². The van der Waals surface area contributed by atoms with Gasteiger partial charge in [-0.25, -0.2) is 0 Å². The van der Waals surface area contributed by atoms with Crippen molar-refractivity contribution in [1.82, 2.24) is 10.2 Å². The van der Waals surface area contributed by atoms with Gasteiger partial charge in [-0.2, -0.15) is 0 Å². The fourth-order valence-corrected chi connectivity index (χ4v) is 2.48. The van der Waals surface area contributed by atoms with Crippen molar-refractivity contribution >= 4 is 11.7 Å². The van der Waals surface area contributed by atoms with Gasteiger partial charge < -0.3 is 15.5 Å². The third-order valence-corrected chi connectivity index (χ3v) is 3.47. The number of aryl methyl sites for hydroxylation is 1. The van der Waals surface area contributed by atoms with Crippen LogP contribution in [0.2, 0.25) is 0 Å². The smallest absolute Gasteiger partial charge is 0.320 e. The molecule has 1 aliphatic rings. The summed E-state index contributed by atoms with van der Waals surface area (Å²) in [5.41, 5.74) is 9.56. The van der Waals surface area contributed by atoms with Crippen LogP contribution < -0.4 is 11.1 Å². The van der Waals surface area contributed by atoms with E-state index in [1.54, 1.807) is 0 Å². The van der Waals surface area contributed by atoms with Gasteiger partial charge in [0.05, 0.1) is 6.04 Å².